The minimum Gasteiger partial charge on any atom is -0.488 e. The standard InChI is InChI=1S/C38H33ClN4O5/c1-24-7-6-10-30-33(47-22-25-8-4-3-5-9-25)17-32-36(35(24)30)27(18-39)19-43(32)38(45)31-21-42-20-28(13-16-34(42)41-31)40-37(44)26-11-14-29(15-12-26)48-23-46-2/h3-17,20-21,27H,18-19,22-23H2,1-2H3,(H,40,44). The van der Waals surface area contributed by atoms with E-state index in [9.17, 15) is 9.59 Å². The molecule has 0 saturated carbocycles. The highest BCUT2D eigenvalue weighted by molar-refractivity contribution is 6.19. The van der Waals surface area contributed by atoms with Gasteiger partial charge in [0.05, 0.1) is 11.4 Å². The number of rotatable bonds is 10. The molecule has 1 unspecified atom stereocenters. The number of ether oxygens (including phenoxy) is 3. The molecular weight excluding hydrogens is 628 g/mol. The zero-order valence-corrected chi connectivity index (χ0v) is 27.2. The van der Waals surface area contributed by atoms with E-state index in [1.54, 1.807) is 65.2 Å². The quantitative estimate of drug-likeness (QED) is 0.120. The first-order chi connectivity index (χ1) is 23.4. The van der Waals surface area contributed by atoms with Crippen molar-refractivity contribution in [3.8, 4) is 11.5 Å². The van der Waals surface area contributed by atoms with E-state index in [4.69, 9.17) is 25.8 Å². The van der Waals surface area contributed by atoms with Gasteiger partial charge in [-0.05, 0) is 65.4 Å². The van der Waals surface area contributed by atoms with E-state index in [2.05, 4.69) is 29.4 Å². The number of alkyl halides is 1. The highest BCUT2D eigenvalue weighted by Crippen LogP contribution is 2.47. The number of aromatic nitrogens is 2. The van der Waals surface area contributed by atoms with E-state index >= 15 is 0 Å². The fourth-order valence-corrected chi connectivity index (χ4v) is 6.45. The number of halogens is 1. The smallest absolute Gasteiger partial charge is 0.278 e. The molecule has 2 amide bonds. The molecule has 0 aliphatic carbocycles. The summed E-state index contributed by atoms with van der Waals surface area (Å²) in [5.41, 5.74) is 5.85. The predicted octanol–water partition coefficient (Wildman–Crippen LogP) is 7.59. The number of carbonyl (C=O) groups excluding carboxylic acids is 2. The lowest BCUT2D eigenvalue weighted by Crippen LogP contribution is -2.30. The number of pyridine rings is 1. The molecule has 7 rings (SSSR count). The Morgan fingerprint density at radius 2 is 1.77 bits per heavy atom. The van der Waals surface area contributed by atoms with Gasteiger partial charge in [-0.2, -0.15) is 0 Å². The minimum absolute atomic E-state index is 0.0585. The van der Waals surface area contributed by atoms with Gasteiger partial charge in [0, 0.05) is 54.9 Å². The summed E-state index contributed by atoms with van der Waals surface area (Å²) in [5, 5.41) is 4.96. The van der Waals surface area contributed by atoms with Crippen LogP contribution in [-0.4, -0.2) is 47.5 Å². The minimum atomic E-state index is -0.280. The maximum absolute atomic E-state index is 14.2. The van der Waals surface area contributed by atoms with Crippen LogP contribution in [0.2, 0.25) is 0 Å². The molecule has 10 heteroatoms. The number of anilines is 2. The maximum atomic E-state index is 14.2. The van der Waals surface area contributed by atoms with Crippen LogP contribution in [0.15, 0.2) is 103 Å². The zero-order chi connectivity index (χ0) is 33.2. The second-order valence-corrected chi connectivity index (χ2v) is 12.0. The van der Waals surface area contributed by atoms with Crippen molar-refractivity contribution in [3.05, 3.63) is 131 Å². The number of methoxy groups -OCH3 is 1. The molecule has 0 saturated heterocycles. The molecule has 0 spiro atoms. The molecule has 1 N–H and O–H groups in total. The van der Waals surface area contributed by atoms with Gasteiger partial charge in [0.15, 0.2) is 6.79 Å². The second kappa shape index (κ2) is 13.4. The first-order valence-electron chi connectivity index (χ1n) is 15.6. The Bertz CT molecular complexity index is 2130. The summed E-state index contributed by atoms with van der Waals surface area (Å²) in [7, 11) is 1.54. The van der Waals surface area contributed by atoms with Crippen molar-refractivity contribution < 1.29 is 23.8 Å². The second-order valence-electron chi connectivity index (χ2n) is 11.7. The third kappa shape index (κ3) is 6.05. The Labute approximate surface area is 282 Å². The Morgan fingerprint density at radius 1 is 0.958 bits per heavy atom. The number of benzene rings is 4. The van der Waals surface area contributed by atoms with Crippen molar-refractivity contribution in [2.24, 2.45) is 0 Å². The fourth-order valence-electron chi connectivity index (χ4n) is 6.20. The van der Waals surface area contributed by atoms with Crippen molar-refractivity contribution in [1.82, 2.24) is 9.38 Å². The van der Waals surface area contributed by atoms with Crippen molar-refractivity contribution in [2.45, 2.75) is 19.4 Å². The number of hydrogen-bond donors (Lipinski definition) is 1. The number of nitrogens with zero attached hydrogens (tertiary/aromatic N) is 3. The third-order valence-corrected chi connectivity index (χ3v) is 8.88. The van der Waals surface area contributed by atoms with Crippen LogP contribution < -0.4 is 19.7 Å². The first kappa shape index (κ1) is 31.2. The summed E-state index contributed by atoms with van der Waals surface area (Å²) in [6.07, 6.45) is 3.42. The monoisotopic (exact) mass is 660 g/mol. The number of aryl methyl sites for hydroxylation is 1. The molecule has 6 aromatic rings. The molecule has 0 radical (unpaired) electrons. The Kier molecular flexibility index (Phi) is 8.71. The summed E-state index contributed by atoms with van der Waals surface area (Å²) in [5.74, 6) is 1.09. The Balaban J connectivity index is 1.17. The zero-order valence-electron chi connectivity index (χ0n) is 26.5. The van der Waals surface area contributed by atoms with E-state index in [-0.39, 0.29) is 30.2 Å². The lowest BCUT2D eigenvalue weighted by Gasteiger charge is -2.19. The molecular formula is C38H33ClN4O5. The van der Waals surface area contributed by atoms with Gasteiger partial charge in [0.1, 0.15) is 29.4 Å². The highest BCUT2D eigenvalue weighted by Gasteiger charge is 2.36. The van der Waals surface area contributed by atoms with E-state index in [0.717, 1.165) is 33.2 Å². The molecule has 1 aliphatic heterocycles. The predicted molar refractivity (Wildman–Crippen MR) is 187 cm³/mol. The Hall–Kier alpha value is -5.38. The largest absolute Gasteiger partial charge is 0.488 e. The van der Waals surface area contributed by atoms with Crippen molar-refractivity contribution >= 4 is 51.2 Å². The number of carbonyl (C=O) groups is 2. The number of fused-ring (bicyclic) bond motifs is 4. The van der Waals surface area contributed by atoms with Crippen molar-refractivity contribution in [1.29, 1.82) is 0 Å². The van der Waals surface area contributed by atoms with Crippen LogP contribution in [0.3, 0.4) is 0 Å². The van der Waals surface area contributed by atoms with Gasteiger partial charge in [-0.1, -0.05) is 48.5 Å². The average molecular weight is 661 g/mol. The van der Waals surface area contributed by atoms with Crippen LogP contribution in [0.5, 0.6) is 11.5 Å². The van der Waals surface area contributed by atoms with E-state index < -0.39 is 0 Å². The molecule has 0 fully saturated rings. The van der Waals surface area contributed by atoms with Crippen LogP contribution in [-0.2, 0) is 11.3 Å². The third-order valence-electron chi connectivity index (χ3n) is 8.51. The lowest BCUT2D eigenvalue weighted by molar-refractivity contribution is 0.0511. The van der Waals surface area contributed by atoms with Gasteiger partial charge in [0.25, 0.3) is 11.8 Å². The number of nitrogens with one attached hydrogen (secondary N) is 1. The SMILES string of the molecule is COCOc1ccc(C(=O)Nc2ccc3nc(C(=O)N4CC(CCl)c5c4cc(OCc4ccccc4)c4cccc(C)c54)cn3c2)cc1. The molecule has 1 atom stereocenters. The lowest BCUT2D eigenvalue weighted by atomic mass is 9.92. The van der Waals surface area contributed by atoms with Crippen LogP contribution in [0, 0.1) is 6.92 Å². The van der Waals surface area contributed by atoms with Crippen LogP contribution in [0.1, 0.15) is 43.5 Å². The summed E-state index contributed by atoms with van der Waals surface area (Å²) >= 11 is 6.55. The van der Waals surface area contributed by atoms with Crippen LogP contribution >= 0.6 is 11.6 Å². The normalized spacial score (nSPS) is 13.9. The summed E-state index contributed by atoms with van der Waals surface area (Å²) in [4.78, 5) is 33.5. The van der Waals surface area contributed by atoms with Crippen molar-refractivity contribution in [2.75, 3.05) is 36.5 Å². The molecule has 242 valence electrons. The van der Waals surface area contributed by atoms with Crippen molar-refractivity contribution in [3.63, 3.8) is 0 Å². The number of hydrogen-bond acceptors (Lipinski definition) is 6. The van der Waals surface area contributed by atoms with Gasteiger partial charge in [0.2, 0.25) is 0 Å². The number of imidazole rings is 1. The van der Waals surface area contributed by atoms with Crippen LogP contribution in [0.4, 0.5) is 11.4 Å². The van der Waals surface area contributed by atoms with Crippen LogP contribution in [0.25, 0.3) is 16.4 Å². The number of amides is 2. The fraction of sp³-hybridized carbons (Fsp3) is 0.184. The highest BCUT2D eigenvalue weighted by atomic mass is 35.5. The molecule has 48 heavy (non-hydrogen) atoms. The molecule has 9 nitrogen and oxygen atoms in total. The van der Waals surface area contributed by atoms with E-state index in [0.29, 0.717) is 47.4 Å². The topological polar surface area (TPSA) is 94.4 Å². The van der Waals surface area contributed by atoms with Gasteiger partial charge in [-0.3, -0.25) is 9.59 Å². The van der Waals surface area contributed by atoms with Gasteiger partial charge in [-0.15, -0.1) is 11.6 Å². The van der Waals surface area contributed by atoms with E-state index in [1.165, 1.54) is 0 Å². The molecule has 3 heterocycles. The summed E-state index contributed by atoms with van der Waals surface area (Å²) in [6.45, 7) is 3.02. The van der Waals surface area contributed by atoms with Gasteiger partial charge in [-0.25, -0.2) is 4.98 Å². The summed E-state index contributed by atoms with van der Waals surface area (Å²) < 4.78 is 18.4. The Morgan fingerprint density at radius 3 is 2.54 bits per heavy atom. The molecule has 0 bridgehead atoms. The van der Waals surface area contributed by atoms with Gasteiger partial charge >= 0.3 is 0 Å². The molecule has 1 aliphatic rings. The molecule has 2 aromatic heterocycles. The van der Waals surface area contributed by atoms with E-state index in [1.807, 2.05) is 42.5 Å². The molecule has 4 aromatic carbocycles. The average Bonchev–Trinajstić information content (AvgIpc) is 3.71. The maximum Gasteiger partial charge on any atom is 0.278 e. The van der Waals surface area contributed by atoms with Gasteiger partial charge < -0.3 is 28.8 Å². The first-order valence-corrected chi connectivity index (χ1v) is 16.1. The summed E-state index contributed by atoms with van der Waals surface area (Å²) in [6, 6.07) is 28.4.